The fourth-order valence-corrected chi connectivity index (χ4v) is 11.5. The predicted molar refractivity (Wildman–Crippen MR) is 242 cm³/mol. The SMILES string of the molecule is Cc1sc2c(c1C)C(c1ccc(N3CCC(C(=O)N4CCN(c5ccc([C@@H]6c7ccc(O)cc7CC[C@@H]6c6ccccc6)cc5)CC4)CC3)cc1)=N[C@@H](C)c1nnc(C)n1-2. The van der Waals surface area contributed by atoms with Crippen LogP contribution in [0.4, 0.5) is 11.4 Å². The Balaban J connectivity index is 0.762. The summed E-state index contributed by atoms with van der Waals surface area (Å²) in [6.45, 7) is 13.4. The van der Waals surface area contributed by atoms with Gasteiger partial charge in [-0.1, -0.05) is 60.7 Å². The Hall–Kier alpha value is -5.74. The highest BCUT2D eigenvalue weighted by atomic mass is 32.1. The topological polar surface area (TPSA) is 90.1 Å². The number of aryl methyl sites for hydroxylation is 3. The first-order chi connectivity index (χ1) is 29.2. The zero-order valence-corrected chi connectivity index (χ0v) is 35.8. The molecule has 0 unspecified atom stereocenters. The molecule has 0 saturated carbocycles. The van der Waals surface area contributed by atoms with Gasteiger partial charge in [0.2, 0.25) is 5.91 Å². The van der Waals surface area contributed by atoms with E-state index in [1.165, 1.54) is 49.6 Å². The third kappa shape index (κ3) is 6.88. The van der Waals surface area contributed by atoms with Gasteiger partial charge in [0.25, 0.3) is 0 Å². The number of piperazine rings is 1. The molecule has 10 heteroatoms. The van der Waals surface area contributed by atoms with Gasteiger partial charge in [0.15, 0.2) is 5.82 Å². The minimum Gasteiger partial charge on any atom is -0.508 e. The van der Waals surface area contributed by atoms with Crippen molar-refractivity contribution in [1.29, 1.82) is 0 Å². The molecule has 3 aliphatic heterocycles. The zero-order valence-electron chi connectivity index (χ0n) is 35.0. The molecule has 1 aliphatic carbocycles. The van der Waals surface area contributed by atoms with Crippen LogP contribution in [0.25, 0.3) is 5.00 Å². The van der Waals surface area contributed by atoms with Gasteiger partial charge in [0.05, 0.1) is 5.71 Å². The largest absolute Gasteiger partial charge is 0.508 e. The second-order valence-electron chi connectivity index (χ2n) is 17.2. The molecule has 1 amide bonds. The number of benzene rings is 4. The van der Waals surface area contributed by atoms with E-state index in [0.29, 0.717) is 17.6 Å². The van der Waals surface area contributed by atoms with E-state index in [2.05, 4.69) is 135 Å². The Labute approximate surface area is 357 Å². The van der Waals surface area contributed by atoms with Crippen LogP contribution in [-0.2, 0) is 11.2 Å². The van der Waals surface area contributed by atoms with Gasteiger partial charge in [-0.2, -0.15) is 0 Å². The minimum absolute atomic E-state index is 0.0682. The monoisotopic (exact) mass is 815 g/mol. The van der Waals surface area contributed by atoms with Crippen LogP contribution in [0.5, 0.6) is 5.75 Å². The summed E-state index contributed by atoms with van der Waals surface area (Å²) < 4.78 is 2.19. The number of phenols is 1. The molecule has 60 heavy (non-hydrogen) atoms. The molecule has 5 heterocycles. The molecule has 0 bridgehead atoms. The quantitative estimate of drug-likeness (QED) is 0.180. The maximum Gasteiger partial charge on any atom is 0.225 e. The van der Waals surface area contributed by atoms with Crippen molar-refractivity contribution < 1.29 is 9.90 Å². The van der Waals surface area contributed by atoms with Gasteiger partial charge < -0.3 is 19.8 Å². The van der Waals surface area contributed by atoms with E-state index in [4.69, 9.17) is 4.99 Å². The van der Waals surface area contributed by atoms with Gasteiger partial charge in [-0.05, 0) is 124 Å². The number of aromatic nitrogens is 3. The number of carbonyl (C=O) groups is 1. The molecule has 4 aliphatic rings. The number of hydrogen-bond donors (Lipinski definition) is 1. The lowest BCUT2D eigenvalue weighted by atomic mass is 9.69. The summed E-state index contributed by atoms with van der Waals surface area (Å²) in [7, 11) is 0. The third-order valence-electron chi connectivity index (χ3n) is 13.7. The minimum atomic E-state index is -0.108. The molecule has 10 rings (SSSR count). The van der Waals surface area contributed by atoms with E-state index in [1.54, 1.807) is 11.3 Å². The van der Waals surface area contributed by atoms with Crippen molar-refractivity contribution in [3.8, 4) is 10.8 Å². The van der Waals surface area contributed by atoms with Gasteiger partial charge in [-0.3, -0.25) is 14.4 Å². The van der Waals surface area contributed by atoms with Crippen molar-refractivity contribution in [2.24, 2.45) is 10.9 Å². The highest BCUT2D eigenvalue weighted by molar-refractivity contribution is 7.15. The van der Waals surface area contributed by atoms with Gasteiger partial charge in [0.1, 0.15) is 22.6 Å². The first kappa shape index (κ1) is 38.5. The first-order valence-electron chi connectivity index (χ1n) is 21.7. The molecule has 9 nitrogen and oxygen atoms in total. The Morgan fingerprint density at radius 1 is 0.750 bits per heavy atom. The van der Waals surface area contributed by atoms with Crippen molar-refractivity contribution in [3.05, 3.63) is 153 Å². The van der Waals surface area contributed by atoms with E-state index >= 15 is 0 Å². The number of fused-ring (bicyclic) bond motifs is 4. The van der Waals surface area contributed by atoms with Gasteiger partial charge in [-0.15, -0.1) is 21.5 Å². The number of anilines is 2. The molecular weight excluding hydrogens is 763 g/mol. The molecule has 2 aromatic heterocycles. The Morgan fingerprint density at radius 2 is 1.43 bits per heavy atom. The second-order valence-corrected chi connectivity index (χ2v) is 18.4. The van der Waals surface area contributed by atoms with Gasteiger partial charge in [0, 0.05) is 78.5 Å². The second kappa shape index (κ2) is 15.7. The molecule has 306 valence electrons. The van der Waals surface area contributed by atoms with Gasteiger partial charge in [-0.25, -0.2) is 0 Å². The van der Waals surface area contributed by atoms with E-state index in [0.717, 1.165) is 92.9 Å². The van der Waals surface area contributed by atoms with Crippen molar-refractivity contribution in [1.82, 2.24) is 19.7 Å². The molecule has 3 atom stereocenters. The number of piperidine rings is 1. The Morgan fingerprint density at radius 3 is 2.15 bits per heavy atom. The van der Waals surface area contributed by atoms with Crippen LogP contribution in [0.2, 0.25) is 0 Å². The van der Waals surface area contributed by atoms with Crippen molar-refractivity contribution >= 4 is 34.3 Å². The smallest absolute Gasteiger partial charge is 0.225 e. The van der Waals surface area contributed by atoms with E-state index in [-0.39, 0.29) is 17.9 Å². The van der Waals surface area contributed by atoms with Crippen LogP contribution in [0.1, 0.15) is 99.5 Å². The van der Waals surface area contributed by atoms with Crippen LogP contribution in [0, 0.1) is 26.7 Å². The summed E-state index contributed by atoms with van der Waals surface area (Å²) in [6, 6.07) is 34.7. The van der Waals surface area contributed by atoms with Crippen LogP contribution in [-0.4, -0.2) is 75.7 Å². The molecular formula is C50H53N7O2S. The molecule has 1 N–H and O–H groups in total. The van der Waals surface area contributed by atoms with Crippen molar-refractivity contribution in [2.75, 3.05) is 49.1 Å². The summed E-state index contributed by atoms with van der Waals surface area (Å²) >= 11 is 1.79. The Kier molecular flexibility index (Phi) is 10.1. The number of nitrogens with zero attached hydrogens (tertiary/aromatic N) is 7. The number of phenolic OH excluding ortho intramolecular Hbond substituents is 1. The lowest BCUT2D eigenvalue weighted by Gasteiger charge is -2.40. The molecule has 6 aromatic rings. The molecule has 4 aromatic carbocycles. The van der Waals surface area contributed by atoms with Crippen LogP contribution < -0.4 is 9.80 Å². The number of aromatic hydroxyl groups is 1. The Bertz CT molecular complexity index is 2560. The van der Waals surface area contributed by atoms with E-state index in [9.17, 15) is 9.90 Å². The van der Waals surface area contributed by atoms with Crippen molar-refractivity contribution in [2.45, 2.75) is 71.3 Å². The predicted octanol–water partition coefficient (Wildman–Crippen LogP) is 9.30. The average molecular weight is 816 g/mol. The lowest BCUT2D eigenvalue weighted by molar-refractivity contribution is -0.136. The normalized spacial score (nSPS) is 20.6. The number of aliphatic imine (C=N–C) groups is 1. The van der Waals surface area contributed by atoms with Gasteiger partial charge >= 0.3 is 0 Å². The third-order valence-corrected chi connectivity index (χ3v) is 14.9. The number of hydrogen-bond acceptors (Lipinski definition) is 8. The highest BCUT2D eigenvalue weighted by Gasteiger charge is 2.34. The summed E-state index contributed by atoms with van der Waals surface area (Å²) in [5.74, 6) is 3.11. The first-order valence-corrected chi connectivity index (χ1v) is 22.5. The van der Waals surface area contributed by atoms with Crippen LogP contribution in [0.3, 0.4) is 0 Å². The van der Waals surface area contributed by atoms with E-state index < -0.39 is 0 Å². The van der Waals surface area contributed by atoms with Crippen molar-refractivity contribution in [3.63, 3.8) is 0 Å². The number of rotatable bonds is 6. The highest BCUT2D eigenvalue weighted by Crippen LogP contribution is 2.47. The maximum atomic E-state index is 13.9. The number of amides is 1. The van der Waals surface area contributed by atoms with Crippen LogP contribution in [0.15, 0.2) is 102 Å². The lowest BCUT2D eigenvalue weighted by Crippen LogP contribution is -2.51. The fourth-order valence-electron chi connectivity index (χ4n) is 10.3. The fraction of sp³-hybridized carbons (Fsp3) is 0.360. The molecule has 0 radical (unpaired) electrons. The summed E-state index contributed by atoms with van der Waals surface area (Å²) in [5.41, 5.74) is 12.2. The molecule has 2 saturated heterocycles. The molecule has 0 spiro atoms. The summed E-state index contributed by atoms with van der Waals surface area (Å²) in [6.07, 6.45) is 3.76. The van der Waals surface area contributed by atoms with Crippen LogP contribution >= 0.6 is 11.3 Å². The number of thiophene rings is 1. The maximum absolute atomic E-state index is 13.9. The standard InChI is InChI=1S/C50H53N7O2S/c1-31-33(3)60-50-45(31)47(51-32(2)48-53-52-34(4)57(48)50)37-12-17-40(18-13-37)54-24-22-38(23-25-54)49(59)56-28-26-55(27-29-56)41-15-10-36(11-16-41)46-43(35-8-6-5-7-9-35)20-14-39-30-42(58)19-21-44(39)46/h5-13,15-19,21,30,32,38,43,46,58H,14,20,22-29H2,1-4H3/t32-,43+,46-/m0/s1. The number of carbonyl (C=O) groups excluding carboxylic acids is 1. The average Bonchev–Trinajstić information content (AvgIpc) is 3.78. The summed E-state index contributed by atoms with van der Waals surface area (Å²) in [5, 5.41) is 20.3. The summed E-state index contributed by atoms with van der Waals surface area (Å²) in [4.78, 5) is 27.3. The van der Waals surface area contributed by atoms with E-state index in [1.807, 2.05) is 19.1 Å². The molecule has 2 fully saturated rings. The zero-order chi connectivity index (χ0) is 41.1.